The van der Waals surface area contributed by atoms with Crippen molar-refractivity contribution in [2.24, 2.45) is 0 Å². The first kappa shape index (κ1) is 16.4. The molecule has 2 aromatic heterocycles. The molecule has 132 valence electrons. The number of hydrogen-bond donors (Lipinski definition) is 3. The molecular formula is C18H21N3O3S. The van der Waals surface area contributed by atoms with Crippen molar-refractivity contribution in [1.29, 1.82) is 0 Å². The van der Waals surface area contributed by atoms with E-state index in [2.05, 4.69) is 14.7 Å². The van der Waals surface area contributed by atoms with E-state index in [0.29, 0.717) is 11.0 Å². The molecule has 1 fully saturated rings. The molecule has 0 unspecified atom stereocenters. The van der Waals surface area contributed by atoms with Gasteiger partial charge in [0.25, 0.3) is 5.56 Å². The van der Waals surface area contributed by atoms with Gasteiger partial charge in [-0.3, -0.25) is 4.79 Å². The van der Waals surface area contributed by atoms with Crippen LogP contribution in [-0.4, -0.2) is 24.4 Å². The van der Waals surface area contributed by atoms with Crippen molar-refractivity contribution in [1.82, 2.24) is 14.7 Å². The van der Waals surface area contributed by atoms with Crippen LogP contribution >= 0.6 is 0 Å². The van der Waals surface area contributed by atoms with Gasteiger partial charge in [-0.1, -0.05) is 25.7 Å². The third kappa shape index (κ3) is 3.09. The Bertz CT molecular complexity index is 1070. The lowest BCUT2D eigenvalue weighted by Gasteiger charge is -2.16. The standard InChI is InChI=1S/C18H21N3O3S/c22-18-17-14(9-10-19-17)15-11-13(7-8-16(15)20-18)25(23,24)21-12-5-3-1-2-4-6-12/h7-12,19,21H,1-6H2,(H,20,22). The molecule has 1 aliphatic carbocycles. The molecule has 3 N–H and O–H groups in total. The maximum absolute atomic E-state index is 12.8. The summed E-state index contributed by atoms with van der Waals surface area (Å²) >= 11 is 0. The average Bonchev–Trinajstić information content (AvgIpc) is 2.95. The summed E-state index contributed by atoms with van der Waals surface area (Å²) in [7, 11) is -3.58. The van der Waals surface area contributed by atoms with Gasteiger partial charge in [0.1, 0.15) is 5.52 Å². The predicted molar refractivity (Wildman–Crippen MR) is 98.2 cm³/mol. The van der Waals surface area contributed by atoms with Crippen LogP contribution < -0.4 is 10.3 Å². The largest absolute Gasteiger partial charge is 0.357 e. The molecule has 1 saturated carbocycles. The number of rotatable bonds is 3. The maximum atomic E-state index is 12.8. The minimum absolute atomic E-state index is 0.00561. The molecule has 0 bridgehead atoms. The molecule has 0 spiro atoms. The van der Waals surface area contributed by atoms with Crippen molar-refractivity contribution >= 4 is 31.8 Å². The number of fused-ring (bicyclic) bond motifs is 3. The van der Waals surface area contributed by atoms with E-state index < -0.39 is 10.0 Å². The lowest BCUT2D eigenvalue weighted by Crippen LogP contribution is -2.34. The fourth-order valence-electron chi connectivity index (χ4n) is 3.67. The zero-order valence-electron chi connectivity index (χ0n) is 13.8. The number of pyridine rings is 1. The summed E-state index contributed by atoms with van der Waals surface area (Å²) in [4.78, 5) is 17.9. The Hall–Kier alpha value is -2.12. The Morgan fingerprint density at radius 1 is 1.00 bits per heavy atom. The number of benzene rings is 1. The van der Waals surface area contributed by atoms with Gasteiger partial charge < -0.3 is 9.97 Å². The monoisotopic (exact) mass is 359 g/mol. The molecular weight excluding hydrogens is 338 g/mol. The van der Waals surface area contributed by atoms with Crippen LogP contribution in [0.25, 0.3) is 21.8 Å². The van der Waals surface area contributed by atoms with Crippen LogP contribution in [0.2, 0.25) is 0 Å². The minimum Gasteiger partial charge on any atom is -0.357 e. The van der Waals surface area contributed by atoms with E-state index in [1.165, 1.54) is 12.8 Å². The van der Waals surface area contributed by atoms with E-state index in [1.54, 1.807) is 30.5 Å². The molecule has 1 aromatic carbocycles. The Morgan fingerprint density at radius 2 is 1.76 bits per heavy atom. The highest BCUT2D eigenvalue weighted by molar-refractivity contribution is 7.89. The quantitative estimate of drug-likeness (QED) is 0.627. The van der Waals surface area contributed by atoms with E-state index in [0.717, 1.165) is 36.5 Å². The zero-order valence-corrected chi connectivity index (χ0v) is 14.7. The Morgan fingerprint density at radius 3 is 2.52 bits per heavy atom. The molecule has 0 atom stereocenters. The van der Waals surface area contributed by atoms with Gasteiger partial charge in [0.2, 0.25) is 10.0 Å². The SMILES string of the molecule is O=c1[nH]c2ccc(S(=O)(=O)NC3CCCCCC3)cc2c2cc[nH]c12. The second-order valence-corrected chi connectivity index (χ2v) is 8.45. The van der Waals surface area contributed by atoms with Gasteiger partial charge in [0.05, 0.1) is 4.90 Å². The number of nitrogens with one attached hydrogen (secondary N) is 3. The summed E-state index contributed by atoms with van der Waals surface area (Å²) < 4.78 is 28.5. The normalized spacial score (nSPS) is 17.1. The summed E-state index contributed by atoms with van der Waals surface area (Å²) in [6.45, 7) is 0. The second-order valence-electron chi connectivity index (χ2n) is 6.74. The van der Waals surface area contributed by atoms with Crippen LogP contribution in [0, 0.1) is 0 Å². The minimum atomic E-state index is -3.58. The number of H-pyrrole nitrogens is 2. The fourth-order valence-corrected chi connectivity index (χ4v) is 5.00. The van der Waals surface area contributed by atoms with Crippen LogP contribution in [0.3, 0.4) is 0 Å². The van der Waals surface area contributed by atoms with Crippen LogP contribution in [-0.2, 0) is 10.0 Å². The lowest BCUT2D eigenvalue weighted by atomic mass is 10.1. The lowest BCUT2D eigenvalue weighted by molar-refractivity contribution is 0.510. The number of sulfonamides is 1. The summed E-state index contributed by atoms with van der Waals surface area (Å²) in [6, 6.07) is 6.65. The van der Waals surface area contributed by atoms with Gasteiger partial charge in [-0.15, -0.1) is 0 Å². The van der Waals surface area contributed by atoms with Crippen molar-refractivity contribution in [3.05, 3.63) is 40.8 Å². The molecule has 1 aliphatic rings. The highest BCUT2D eigenvalue weighted by atomic mass is 32.2. The van der Waals surface area contributed by atoms with Gasteiger partial charge >= 0.3 is 0 Å². The van der Waals surface area contributed by atoms with Gasteiger partial charge in [-0.25, -0.2) is 13.1 Å². The van der Waals surface area contributed by atoms with E-state index in [-0.39, 0.29) is 16.5 Å². The second kappa shape index (κ2) is 6.31. The van der Waals surface area contributed by atoms with Gasteiger partial charge in [-0.2, -0.15) is 0 Å². The van der Waals surface area contributed by atoms with E-state index in [9.17, 15) is 13.2 Å². The first-order valence-electron chi connectivity index (χ1n) is 8.70. The van der Waals surface area contributed by atoms with Gasteiger partial charge in [-0.05, 0) is 37.1 Å². The highest BCUT2D eigenvalue weighted by Crippen LogP contribution is 2.25. The smallest absolute Gasteiger partial charge is 0.272 e. The summed E-state index contributed by atoms with van der Waals surface area (Å²) in [6.07, 6.45) is 7.95. The summed E-state index contributed by atoms with van der Waals surface area (Å²) in [5, 5.41) is 1.45. The molecule has 6 nitrogen and oxygen atoms in total. The Kier molecular flexibility index (Phi) is 4.13. The van der Waals surface area contributed by atoms with Crippen molar-refractivity contribution in [2.75, 3.05) is 0 Å². The first-order valence-corrected chi connectivity index (χ1v) is 10.2. The molecule has 4 rings (SSSR count). The summed E-state index contributed by atoms with van der Waals surface area (Å²) in [5.74, 6) is 0. The van der Waals surface area contributed by atoms with E-state index in [1.807, 2.05) is 0 Å². The third-order valence-electron chi connectivity index (χ3n) is 4.99. The molecule has 3 aromatic rings. The first-order chi connectivity index (χ1) is 12.0. The molecule has 0 saturated heterocycles. The van der Waals surface area contributed by atoms with Crippen LogP contribution in [0.5, 0.6) is 0 Å². The molecule has 2 heterocycles. The number of hydrogen-bond acceptors (Lipinski definition) is 3. The van der Waals surface area contributed by atoms with Gasteiger partial charge in [0.15, 0.2) is 0 Å². The molecule has 0 radical (unpaired) electrons. The zero-order chi connectivity index (χ0) is 17.4. The number of aromatic amines is 2. The highest BCUT2D eigenvalue weighted by Gasteiger charge is 2.22. The van der Waals surface area contributed by atoms with Crippen LogP contribution in [0.15, 0.2) is 40.2 Å². The molecule has 0 amide bonds. The Balaban J connectivity index is 1.75. The molecule has 7 heteroatoms. The predicted octanol–water partition coefficient (Wildman–Crippen LogP) is 3.01. The Labute approximate surface area is 145 Å². The molecule has 25 heavy (non-hydrogen) atoms. The molecule has 0 aliphatic heterocycles. The van der Waals surface area contributed by atoms with Crippen molar-refractivity contribution in [3.63, 3.8) is 0 Å². The number of aromatic nitrogens is 2. The van der Waals surface area contributed by atoms with Gasteiger partial charge in [0, 0.05) is 28.5 Å². The summed E-state index contributed by atoms with van der Waals surface area (Å²) in [5.41, 5.74) is 0.879. The van der Waals surface area contributed by atoms with E-state index in [4.69, 9.17) is 0 Å². The topological polar surface area (TPSA) is 94.8 Å². The van der Waals surface area contributed by atoms with Crippen LogP contribution in [0.1, 0.15) is 38.5 Å². The third-order valence-corrected chi connectivity index (χ3v) is 6.51. The maximum Gasteiger partial charge on any atom is 0.272 e. The average molecular weight is 359 g/mol. The van der Waals surface area contributed by atoms with E-state index >= 15 is 0 Å². The van der Waals surface area contributed by atoms with Crippen molar-refractivity contribution < 1.29 is 8.42 Å². The fraction of sp³-hybridized carbons (Fsp3) is 0.389. The van der Waals surface area contributed by atoms with Crippen molar-refractivity contribution in [2.45, 2.75) is 49.5 Å². The van der Waals surface area contributed by atoms with Crippen molar-refractivity contribution in [3.8, 4) is 0 Å². The van der Waals surface area contributed by atoms with Crippen LogP contribution in [0.4, 0.5) is 0 Å².